The molecule has 4 aromatic carbocycles. The highest BCUT2D eigenvalue weighted by Crippen LogP contribution is 2.38. The van der Waals surface area contributed by atoms with E-state index in [9.17, 15) is 0 Å². The quantitative estimate of drug-likeness (QED) is 0.289. The van der Waals surface area contributed by atoms with Gasteiger partial charge in [-0.3, -0.25) is 0 Å². The van der Waals surface area contributed by atoms with Crippen molar-refractivity contribution in [1.82, 2.24) is 19.7 Å². The lowest BCUT2D eigenvalue weighted by molar-refractivity contribution is 0.891. The third-order valence-corrected chi connectivity index (χ3v) is 6.75. The molecule has 2 aromatic heterocycles. The summed E-state index contributed by atoms with van der Waals surface area (Å²) in [7, 11) is 0. The minimum atomic E-state index is 0.810. The zero-order valence-electron chi connectivity index (χ0n) is 18.0. The minimum absolute atomic E-state index is 0.810. The Morgan fingerprint density at radius 3 is 1.94 bits per heavy atom. The van der Waals surface area contributed by atoms with Gasteiger partial charge >= 0.3 is 0 Å². The second kappa shape index (κ2) is 8.11. The number of aromatic nitrogens is 4. The van der Waals surface area contributed by atoms with E-state index in [0.717, 1.165) is 54.6 Å². The highest BCUT2D eigenvalue weighted by molar-refractivity contribution is 7.19. The molecule has 0 spiro atoms. The van der Waals surface area contributed by atoms with Crippen molar-refractivity contribution in [3.8, 4) is 39.3 Å². The fourth-order valence-corrected chi connectivity index (χ4v) is 5.23. The van der Waals surface area contributed by atoms with Crippen molar-refractivity contribution in [3.05, 3.63) is 108 Å². The highest BCUT2D eigenvalue weighted by Gasteiger charge is 2.20. The molecule has 0 N–H and O–H groups in total. The van der Waals surface area contributed by atoms with Gasteiger partial charge in [-0.05, 0) is 30.2 Å². The summed E-state index contributed by atoms with van der Waals surface area (Å²) in [5.74, 6) is 0.810. The zero-order chi connectivity index (χ0) is 22.2. The van der Waals surface area contributed by atoms with E-state index >= 15 is 0 Å². The van der Waals surface area contributed by atoms with E-state index in [4.69, 9.17) is 10.1 Å². The van der Waals surface area contributed by atoms with Crippen LogP contribution < -0.4 is 0 Å². The zero-order valence-corrected chi connectivity index (χ0v) is 18.8. The van der Waals surface area contributed by atoms with Crippen LogP contribution >= 0.6 is 11.3 Å². The first-order valence-electron chi connectivity index (χ1n) is 10.8. The van der Waals surface area contributed by atoms with Crippen molar-refractivity contribution >= 4 is 21.6 Å². The molecule has 5 heteroatoms. The van der Waals surface area contributed by atoms with Crippen LogP contribution in [0.15, 0.2) is 103 Å². The van der Waals surface area contributed by atoms with Gasteiger partial charge in [0, 0.05) is 16.7 Å². The fourth-order valence-electron chi connectivity index (χ4n) is 4.30. The molecule has 0 bridgehead atoms. The number of aryl methyl sites for hydroxylation is 1. The number of benzene rings is 4. The van der Waals surface area contributed by atoms with E-state index in [0.29, 0.717) is 0 Å². The van der Waals surface area contributed by atoms with Gasteiger partial charge in [0.1, 0.15) is 6.33 Å². The van der Waals surface area contributed by atoms with Crippen LogP contribution in [0.3, 0.4) is 0 Å². The number of hydrogen-bond acceptors (Lipinski definition) is 4. The lowest BCUT2D eigenvalue weighted by Gasteiger charge is -2.17. The molecule has 0 amide bonds. The summed E-state index contributed by atoms with van der Waals surface area (Å²) in [5.41, 5.74) is 7.53. The lowest BCUT2D eigenvalue weighted by Crippen LogP contribution is -2.04. The van der Waals surface area contributed by atoms with Crippen LogP contribution in [0.2, 0.25) is 0 Å². The first-order valence-corrected chi connectivity index (χ1v) is 11.6. The topological polar surface area (TPSA) is 43.6 Å². The summed E-state index contributed by atoms with van der Waals surface area (Å²) in [6.45, 7) is 2.04. The van der Waals surface area contributed by atoms with Gasteiger partial charge in [-0.15, -0.1) is 11.3 Å². The molecule has 6 aromatic rings. The Morgan fingerprint density at radius 2 is 1.27 bits per heavy atom. The summed E-state index contributed by atoms with van der Waals surface area (Å²) in [6.07, 6.45) is 1.64. The summed E-state index contributed by atoms with van der Waals surface area (Å²) in [4.78, 5) is 9.40. The van der Waals surface area contributed by atoms with E-state index < -0.39 is 0 Å². The second-order valence-electron chi connectivity index (χ2n) is 7.82. The maximum absolute atomic E-state index is 4.74. The molecule has 6 rings (SSSR count). The van der Waals surface area contributed by atoms with Gasteiger partial charge in [0.25, 0.3) is 0 Å². The molecule has 0 aliphatic carbocycles. The molecule has 0 saturated carbocycles. The van der Waals surface area contributed by atoms with Crippen LogP contribution in [0.1, 0.15) is 5.01 Å². The van der Waals surface area contributed by atoms with Gasteiger partial charge in [0.05, 0.1) is 20.9 Å². The third kappa shape index (κ3) is 3.43. The summed E-state index contributed by atoms with van der Waals surface area (Å²) >= 11 is 1.69. The summed E-state index contributed by atoms with van der Waals surface area (Å²) in [5, 5.41) is 5.78. The molecule has 0 atom stereocenters. The molecule has 158 valence electrons. The first-order chi connectivity index (χ1) is 16.3. The van der Waals surface area contributed by atoms with Crippen LogP contribution in [0, 0.1) is 6.92 Å². The van der Waals surface area contributed by atoms with Crippen LogP contribution in [0.4, 0.5) is 0 Å². The van der Waals surface area contributed by atoms with Gasteiger partial charge in [-0.2, -0.15) is 5.10 Å². The van der Waals surface area contributed by atoms with Crippen LogP contribution in [0.25, 0.3) is 49.5 Å². The predicted molar refractivity (Wildman–Crippen MR) is 136 cm³/mol. The fraction of sp³-hybridized carbons (Fsp3) is 0.0357. The first kappa shape index (κ1) is 19.6. The Balaban J connectivity index is 1.66. The molecule has 0 saturated heterocycles. The van der Waals surface area contributed by atoms with Gasteiger partial charge in [0.15, 0.2) is 5.82 Å². The molecule has 0 unspecified atom stereocenters. The molecule has 0 radical (unpaired) electrons. The van der Waals surface area contributed by atoms with Crippen molar-refractivity contribution in [1.29, 1.82) is 0 Å². The number of fused-ring (bicyclic) bond motifs is 1. The van der Waals surface area contributed by atoms with Gasteiger partial charge in [0.2, 0.25) is 0 Å². The minimum Gasteiger partial charge on any atom is -0.241 e. The van der Waals surface area contributed by atoms with E-state index in [1.165, 1.54) is 0 Å². The monoisotopic (exact) mass is 444 g/mol. The Morgan fingerprint density at radius 1 is 0.667 bits per heavy atom. The van der Waals surface area contributed by atoms with Crippen molar-refractivity contribution in [3.63, 3.8) is 0 Å². The van der Waals surface area contributed by atoms with E-state index in [1.54, 1.807) is 17.7 Å². The molecular formula is C28H20N4S. The maximum atomic E-state index is 4.74. The highest BCUT2D eigenvalue weighted by atomic mass is 32.1. The van der Waals surface area contributed by atoms with Gasteiger partial charge in [-0.25, -0.2) is 14.6 Å². The Hall–Kier alpha value is -4.09. The smallest absolute Gasteiger partial charge is 0.164 e. The molecule has 2 heterocycles. The Kier molecular flexibility index (Phi) is 4.82. The van der Waals surface area contributed by atoms with Gasteiger partial charge < -0.3 is 0 Å². The van der Waals surface area contributed by atoms with Crippen molar-refractivity contribution < 1.29 is 0 Å². The van der Waals surface area contributed by atoms with Crippen molar-refractivity contribution in [2.75, 3.05) is 0 Å². The van der Waals surface area contributed by atoms with E-state index in [1.807, 2.05) is 29.8 Å². The Labute approximate surface area is 195 Å². The predicted octanol–water partition coefficient (Wildman–Crippen LogP) is 7.19. The van der Waals surface area contributed by atoms with Crippen LogP contribution in [0.5, 0.6) is 0 Å². The van der Waals surface area contributed by atoms with Crippen molar-refractivity contribution in [2.45, 2.75) is 6.92 Å². The third-order valence-electron chi connectivity index (χ3n) is 5.73. The number of thiazole rings is 1. The normalized spacial score (nSPS) is 11.2. The molecule has 0 aliphatic rings. The molecular weight excluding hydrogens is 424 g/mol. The number of rotatable bonds is 4. The maximum Gasteiger partial charge on any atom is 0.164 e. The van der Waals surface area contributed by atoms with E-state index in [2.05, 4.69) is 83.8 Å². The largest absolute Gasteiger partial charge is 0.241 e. The second-order valence-corrected chi connectivity index (χ2v) is 9.02. The lowest BCUT2D eigenvalue weighted by atomic mass is 9.96. The average molecular weight is 445 g/mol. The van der Waals surface area contributed by atoms with Crippen LogP contribution in [-0.2, 0) is 0 Å². The van der Waals surface area contributed by atoms with Crippen molar-refractivity contribution in [2.24, 2.45) is 0 Å². The molecule has 0 aliphatic heterocycles. The summed E-state index contributed by atoms with van der Waals surface area (Å²) < 4.78 is 3.11. The molecule has 0 fully saturated rings. The van der Waals surface area contributed by atoms with E-state index in [-0.39, 0.29) is 0 Å². The van der Waals surface area contributed by atoms with Crippen LogP contribution in [-0.4, -0.2) is 19.7 Å². The number of nitrogens with zero attached hydrogens (tertiary/aromatic N) is 4. The number of hydrogen-bond donors (Lipinski definition) is 0. The molecule has 33 heavy (non-hydrogen) atoms. The molecule has 4 nitrogen and oxygen atoms in total. The SMILES string of the molecule is Cc1nc2cccc(-c3ncnn3-c3c(-c4ccccc4)cccc3-c3ccccc3)c2s1. The standard InChI is InChI=1S/C28H20N4S/c1-19-31-25-17-9-16-24(27(25)33-19)28-29-18-30-32(28)26-22(20-10-4-2-5-11-20)14-8-15-23(26)21-12-6-3-7-13-21/h2-18H,1H3. The number of para-hydroxylation sites is 1. The Bertz CT molecular complexity index is 1510. The average Bonchev–Trinajstić information content (AvgIpc) is 3.50. The summed E-state index contributed by atoms with van der Waals surface area (Å²) in [6, 6.07) is 33.5. The van der Waals surface area contributed by atoms with Gasteiger partial charge in [-0.1, -0.05) is 84.9 Å².